The van der Waals surface area contributed by atoms with E-state index in [1.54, 1.807) is 0 Å². The quantitative estimate of drug-likeness (QED) is 0.441. The van der Waals surface area contributed by atoms with Crippen LogP contribution in [0.25, 0.3) is 21.0 Å². The van der Waals surface area contributed by atoms with Crippen molar-refractivity contribution in [3.8, 4) is 10.8 Å². The molecule has 0 spiro atoms. The molecule has 0 saturated heterocycles. The predicted octanol–water partition coefficient (Wildman–Crippen LogP) is 4.10. The molecule has 1 aliphatic rings. The minimum atomic E-state index is -4.57. The van der Waals surface area contributed by atoms with Gasteiger partial charge in [0.2, 0.25) is 5.82 Å². The number of hydrogen-bond acceptors (Lipinski definition) is 9. The number of rotatable bonds is 5. The summed E-state index contributed by atoms with van der Waals surface area (Å²) in [6.07, 6.45) is -2.76. The third-order valence-corrected chi connectivity index (χ3v) is 7.07. The smallest absolute Gasteiger partial charge is 0.451 e. The van der Waals surface area contributed by atoms with Crippen LogP contribution in [0, 0.1) is 0 Å². The van der Waals surface area contributed by atoms with E-state index >= 15 is 0 Å². The number of aryl methyl sites for hydroxylation is 1. The summed E-state index contributed by atoms with van der Waals surface area (Å²) >= 11 is 2.64. The highest BCUT2D eigenvalue weighted by atomic mass is 32.1. The number of aromatic nitrogens is 6. The van der Waals surface area contributed by atoms with Crippen molar-refractivity contribution in [3.63, 3.8) is 0 Å². The maximum absolute atomic E-state index is 13.2. The molecule has 0 atom stereocenters. The monoisotopic (exact) mass is 495 g/mol. The first-order valence-corrected chi connectivity index (χ1v) is 11.7. The van der Waals surface area contributed by atoms with Gasteiger partial charge in [-0.25, -0.2) is 19.7 Å². The summed E-state index contributed by atoms with van der Waals surface area (Å²) in [5.41, 5.74) is -0.0937. The lowest BCUT2D eigenvalue weighted by atomic mass is 10.2. The van der Waals surface area contributed by atoms with Gasteiger partial charge in [0.15, 0.2) is 22.4 Å². The van der Waals surface area contributed by atoms with Gasteiger partial charge >= 0.3 is 12.1 Å². The number of carboxylic acids is 1. The molecular formula is C19H16F3N7O2S2. The zero-order chi connectivity index (χ0) is 23.3. The number of alkyl halides is 3. The molecule has 172 valence electrons. The first-order chi connectivity index (χ1) is 15.7. The Labute approximate surface area is 192 Å². The van der Waals surface area contributed by atoms with E-state index in [9.17, 15) is 23.1 Å². The second-order valence-electron chi connectivity index (χ2n) is 7.41. The van der Waals surface area contributed by atoms with Crippen molar-refractivity contribution in [2.45, 2.75) is 39.0 Å². The molecule has 1 aliphatic heterocycles. The van der Waals surface area contributed by atoms with Crippen LogP contribution in [0.15, 0.2) is 11.4 Å². The van der Waals surface area contributed by atoms with Crippen molar-refractivity contribution in [1.82, 2.24) is 29.7 Å². The van der Waals surface area contributed by atoms with Crippen molar-refractivity contribution in [2.75, 3.05) is 11.4 Å². The lowest BCUT2D eigenvalue weighted by molar-refractivity contribution is -0.147. The van der Waals surface area contributed by atoms with E-state index in [0.717, 1.165) is 39.0 Å². The number of hydrogen-bond donors (Lipinski definition) is 1. The second-order valence-corrected chi connectivity index (χ2v) is 9.38. The van der Waals surface area contributed by atoms with Gasteiger partial charge < -0.3 is 14.6 Å². The van der Waals surface area contributed by atoms with Crippen LogP contribution in [0.3, 0.4) is 0 Å². The largest absolute Gasteiger partial charge is 0.476 e. The Bertz CT molecular complexity index is 1360. The van der Waals surface area contributed by atoms with Gasteiger partial charge in [0.1, 0.15) is 10.6 Å². The second kappa shape index (κ2) is 8.02. The van der Waals surface area contributed by atoms with Crippen molar-refractivity contribution in [1.29, 1.82) is 0 Å². The number of thiophene rings is 1. The molecule has 0 unspecified atom stereocenters. The van der Waals surface area contributed by atoms with Gasteiger partial charge in [-0.3, -0.25) is 0 Å². The normalized spacial score (nSPS) is 14.1. The molecule has 0 bridgehead atoms. The lowest BCUT2D eigenvalue weighted by Gasteiger charge is -2.29. The van der Waals surface area contributed by atoms with Crippen LogP contribution in [0.5, 0.6) is 0 Å². The van der Waals surface area contributed by atoms with Gasteiger partial charge in [0.25, 0.3) is 0 Å². The molecule has 0 fully saturated rings. The zero-order valence-electron chi connectivity index (χ0n) is 17.1. The molecule has 9 nitrogen and oxygen atoms in total. The minimum absolute atomic E-state index is 0.0599. The highest BCUT2D eigenvalue weighted by molar-refractivity contribution is 7.18. The average molecular weight is 496 g/mol. The van der Waals surface area contributed by atoms with E-state index in [1.165, 1.54) is 16.7 Å². The minimum Gasteiger partial charge on any atom is -0.476 e. The van der Waals surface area contributed by atoms with Crippen LogP contribution in [0.1, 0.15) is 40.4 Å². The molecule has 14 heteroatoms. The Morgan fingerprint density at radius 3 is 2.73 bits per heavy atom. The van der Waals surface area contributed by atoms with Crippen molar-refractivity contribution in [3.05, 3.63) is 33.7 Å². The van der Waals surface area contributed by atoms with Crippen LogP contribution in [0.4, 0.5) is 19.0 Å². The van der Waals surface area contributed by atoms with Gasteiger partial charge in [-0.2, -0.15) is 13.2 Å². The number of carbonyl (C=O) groups is 1. The third kappa shape index (κ3) is 3.93. The summed E-state index contributed by atoms with van der Waals surface area (Å²) in [5.74, 6) is -1.11. The standard InChI is InChI=1S/C19H16F3N7O2S2/c1-2-3-9-6-10-14(28-4-5-29-12(7-28)26-27-18(29)19(20,21)22)24-13(25-15(10)33-9)16-23-11(8-32-16)17(30)31/h6,8H,2-5,7H2,1H3,(H,30,31). The Balaban J connectivity index is 1.59. The van der Waals surface area contributed by atoms with E-state index in [4.69, 9.17) is 0 Å². The van der Waals surface area contributed by atoms with Gasteiger partial charge in [0.05, 0.1) is 11.9 Å². The zero-order valence-corrected chi connectivity index (χ0v) is 18.8. The molecule has 4 aromatic rings. The molecule has 0 amide bonds. The van der Waals surface area contributed by atoms with Gasteiger partial charge in [-0.1, -0.05) is 13.3 Å². The molecule has 1 N–H and O–H groups in total. The van der Waals surface area contributed by atoms with Crippen LogP contribution >= 0.6 is 22.7 Å². The predicted molar refractivity (Wildman–Crippen MR) is 116 cm³/mol. The van der Waals surface area contributed by atoms with E-state index in [2.05, 4.69) is 32.1 Å². The topological polar surface area (TPSA) is 110 Å². The van der Waals surface area contributed by atoms with Crippen molar-refractivity contribution >= 4 is 44.7 Å². The Kier molecular flexibility index (Phi) is 5.28. The summed E-state index contributed by atoms with van der Waals surface area (Å²) in [6, 6.07) is 2.01. The number of fused-ring (bicyclic) bond motifs is 2. The number of nitrogens with zero attached hydrogens (tertiary/aromatic N) is 7. The average Bonchev–Trinajstić information content (AvgIpc) is 3.49. The Hall–Kier alpha value is -3.13. The molecule has 33 heavy (non-hydrogen) atoms. The molecule has 0 saturated carbocycles. The van der Waals surface area contributed by atoms with Gasteiger partial charge in [-0.15, -0.1) is 32.9 Å². The first-order valence-electron chi connectivity index (χ1n) is 9.98. The fourth-order valence-corrected chi connectivity index (χ4v) is 5.53. The highest BCUT2D eigenvalue weighted by Gasteiger charge is 2.39. The number of anilines is 1. The fourth-order valence-electron chi connectivity index (χ4n) is 3.69. The van der Waals surface area contributed by atoms with E-state index in [0.29, 0.717) is 15.7 Å². The maximum atomic E-state index is 13.2. The summed E-state index contributed by atoms with van der Waals surface area (Å²) in [7, 11) is 0. The molecule has 0 aliphatic carbocycles. The van der Waals surface area contributed by atoms with Crippen LogP contribution < -0.4 is 4.90 Å². The van der Waals surface area contributed by atoms with Crippen LogP contribution in [-0.2, 0) is 25.7 Å². The summed E-state index contributed by atoms with van der Waals surface area (Å²) in [5, 5.41) is 18.9. The summed E-state index contributed by atoms with van der Waals surface area (Å²) in [4.78, 5) is 28.3. The van der Waals surface area contributed by atoms with Gasteiger partial charge in [0, 0.05) is 23.3 Å². The number of carboxylic acid groups (broad SMARTS) is 1. The molecule has 5 rings (SSSR count). The molecule has 4 aromatic heterocycles. The van der Waals surface area contributed by atoms with Gasteiger partial charge in [-0.05, 0) is 12.5 Å². The third-order valence-electron chi connectivity index (χ3n) is 5.14. The lowest BCUT2D eigenvalue weighted by Crippen LogP contribution is -2.36. The first kappa shape index (κ1) is 21.7. The van der Waals surface area contributed by atoms with Crippen LogP contribution in [0.2, 0.25) is 0 Å². The molecule has 0 aromatic carbocycles. The molecule has 5 heterocycles. The number of aromatic carboxylic acids is 1. The van der Waals surface area contributed by atoms with Crippen LogP contribution in [-0.4, -0.2) is 47.3 Å². The van der Waals surface area contributed by atoms with E-state index < -0.39 is 18.0 Å². The Morgan fingerprint density at radius 2 is 2.03 bits per heavy atom. The fraction of sp³-hybridized carbons (Fsp3) is 0.368. The SMILES string of the molecule is CCCc1cc2c(N3CCn4c(nnc4C(F)(F)F)C3)nc(-c3nc(C(=O)O)cs3)nc2s1. The van der Waals surface area contributed by atoms with Crippen molar-refractivity contribution < 1.29 is 23.1 Å². The molecular weight excluding hydrogens is 479 g/mol. The summed E-state index contributed by atoms with van der Waals surface area (Å²) < 4.78 is 40.7. The number of thiazole rings is 1. The summed E-state index contributed by atoms with van der Waals surface area (Å²) in [6.45, 7) is 2.51. The van der Waals surface area contributed by atoms with Crippen molar-refractivity contribution in [2.24, 2.45) is 0 Å². The van der Waals surface area contributed by atoms with E-state index in [1.807, 2.05) is 11.0 Å². The highest BCUT2D eigenvalue weighted by Crippen LogP contribution is 2.36. The maximum Gasteiger partial charge on any atom is 0.451 e. The molecule has 0 radical (unpaired) electrons. The number of halogens is 3. The van der Waals surface area contributed by atoms with E-state index in [-0.39, 0.29) is 37.0 Å². The Morgan fingerprint density at radius 1 is 1.21 bits per heavy atom.